The first-order chi connectivity index (χ1) is 11.5. The van der Waals surface area contributed by atoms with Crippen molar-refractivity contribution in [3.05, 3.63) is 61.2 Å². The summed E-state index contributed by atoms with van der Waals surface area (Å²) in [4.78, 5) is 24.3. The Morgan fingerprint density at radius 3 is 2.25 bits per heavy atom. The molecule has 0 radical (unpaired) electrons. The molecule has 130 valence electrons. The molecule has 4 heteroatoms. The van der Waals surface area contributed by atoms with Gasteiger partial charge in [-0.05, 0) is 18.4 Å². The summed E-state index contributed by atoms with van der Waals surface area (Å²) in [6, 6.07) is 9.13. The molecule has 1 rings (SSSR count). The standard InChI is InChI=1S/C20H27NO3/c1-5-10-15(3)19(22)21-18(17-12-8-7-9-13-17)14-24-20(23)16(4)11-6-2/h5-9,12-13,15-16,18H,1-2,10-11,14H2,3-4H3,(H,21,22)/t15-,16?,18-/m0/s1. The van der Waals surface area contributed by atoms with Crippen molar-refractivity contribution >= 4 is 11.9 Å². The van der Waals surface area contributed by atoms with Gasteiger partial charge in [0.1, 0.15) is 6.61 Å². The van der Waals surface area contributed by atoms with E-state index in [0.717, 1.165) is 5.56 Å². The van der Waals surface area contributed by atoms with Crippen LogP contribution in [0.3, 0.4) is 0 Å². The average Bonchev–Trinajstić information content (AvgIpc) is 2.59. The van der Waals surface area contributed by atoms with Gasteiger partial charge in [0.2, 0.25) is 5.91 Å². The predicted octanol–water partition coefficient (Wildman–Crippen LogP) is 3.81. The molecule has 0 heterocycles. The summed E-state index contributed by atoms with van der Waals surface area (Å²) >= 11 is 0. The zero-order valence-corrected chi connectivity index (χ0v) is 14.5. The van der Waals surface area contributed by atoms with Crippen molar-refractivity contribution in [1.29, 1.82) is 0 Å². The fraction of sp³-hybridized carbons (Fsp3) is 0.400. The number of nitrogens with one attached hydrogen (secondary N) is 1. The molecule has 0 aliphatic rings. The number of benzene rings is 1. The van der Waals surface area contributed by atoms with Crippen LogP contribution in [0.1, 0.15) is 38.3 Å². The Bertz CT molecular complexity index is 553. The van der Waals surface area contributed by atoms with Gasteiger partial charge in [0.15, 0.2) is 0 Å². The lowest BCUT2D eigenvalue weighted by molar-refractivity contribution is -0.149. The fourth-order valence-corrected chi connectivity index (χ4v) is 2.23. The Hall–Kier alpha value is -2.36. The van der Waals surface area contributed by atoms with E-state index < -0.39 is 0 Å². The number of hydrogen-bond acceptors (Lipinski definition) is 3. The van der Waals surface area contributed by atoms with Crippen LogP contribution in [0.2, 0.25) is 0 Å². The van der Waals surface area contributed by atoms with Crippen molar-refractivity contribution in [3.63, 3.8) is 0 Å². The van der Waals surface area contributed by atoms with Gasteiger partial charge >= 0.3 is 5.97 Å². The van der Waals surface area contributed by atoms with Crippen LogP contribution in [0.15, 0.2) is 55.6 Å². The van der Waals surface area contributed by atoms with Crippen LogP contribution in [0.5, 0.6) is 0 Å². The molecule has 4 nitrogen and oxygen atoms in total. The fourth-order valence-electron chi connectivity index (χ4n) is 2.23. The molecule has 0 aromatic heterocycles. The highest BCUT2D eigenvalue weighted by Gasteiger charge is 2.21. The van der Waals surface area contributed by atoms with Crippen LogP contribution in [-0.4, -0.2) is 18.5 Å². The Kier molecular flexibility index (Phi) is 8.55. The maximum atomic E-state index is 12.3. The van der Waals surface area contributed by atoms with Gasteiger partial charge in [-0.25, -0.2) is 0 Å². The molecular weight excluding hydrogens is 302 g/mol. The van der Waals surface area contributed by atoms with Crippen LogP contribution in [-0.2, 0) is 14.3 Å². The van der Waals surface area contributed by atoms with Gasteiger partial charge < -0.3 is 10.1 Å². The topological polar surface area (TPSA) is 55.4 Å². The van der Waals surface area contributed by atoms with E-state index in [1.165, 1.54) is 0 Å². The van der Waals surface area contributed by atoms with Crippen molar-refractivity contribution in [2.75, 3.05) is 6.61 Å². The number of amides is 1. The molecule has 0 saturated carbocycles. The third-order valence-electron chi connectivity index (χ3n) is 3.80. The predicted molar refractivity (Wildman–Crippen MR) is 96.2 cm³/mol. The number of carbonyl (C=O) groups excluding carboxylic acids is 2. The number of rotatable bonds is 10. The molecule has 1 aromatic rings. The van der Waals surface area contributed by atoms with Crippen LogP contribution in [0, 0.1) is 11.8 Å². The lowest BCUT2D eigenvalue weighted by atomic mass is 10.0. The molecule has 1 amide bonds. The quantitative estimate of drug-likeness (QED) is 0.524. The zero-order valence-electron chi connectivity index (χ0n) is 14.5. The van der Waals surface area contributed by atoms with Crippen molar-refractivity contribution in [1.82, 2.24) is 5.32 Å². The maximum Gasteiger partial charge on any atom is 0.309 e. The average molecular weight is 329 g/mol. The van der Waals surface area contributed by atoms with Crippen molar-refractivity contribution in [2.45, 2.75) is 32.7 Å². The van der Waals surface area contributed by atoms with Crippen molar-refractivity contribution in [2.24, 2.45) is 11.8 Å². The van der Waals surface area contributed by atoms with Crippen LogP contribution in [0.25, 0.3) is 0 Å². The smallest absolute Gasteiger partial charge is 0.309 e. The minimum absolute atomic E-state index is 0.0843. The largest absolute Gasteiger partial charge is 0.463 e. The molecule has 0 fully saturated rings. The number of hydrogen-bond donors (Lipinski definition) is 1. The van der Waals surface area contributed by atoms with Crippen LogP contribution < -0.4 is 5.32 Å². The zero-order chi connectivity index (χ0) is 17.9. The third-order valence-corrected chi connectivity index (χ3v) is 3.80. The van der Waals surface area contributed by atoms with E-state index in [-0.39, 0.29) is 36.4 Å². The highest BCUT2D eigenvalue weighted by atomic mass is 16.5. The van der Waals surface area contributed by atoms with E-state index >= 15 is 0 Å². The van der Waals surface area contributed by atoms with E-state index in [1.807, 2.05) is 37.3 Å². The summed E-state index contributed by atoms with van der Waals surface area (Å²) < 4.78 is 5.39. The number of ether oxygens (including phenoxy) is 1. The van der Waals surface area contributed by atoms with E-state index in [2.05, 4.69) is 18.5 Å². The van der Waals surface area contributed by atoms with Crippen LogP contribution >= 0.6 is 0 Å². The van der Waals surface area contributed by atoms with Gasteiger partial charge in [0.05, 0.1) is 12.0 Å². The van der Waals surface area contributed by atoms with Crippen LogP contribution in [0.4, 0.5) is 0 Å². The molecule has 1 unspecified atom stereocenters. The summed E-state index contributed by atoms with van der Waals surface area (Å²) in [6.45, 7) is 11.0. The lowest BCUT2D eigenvalue weighted by Gasteiger charge is -2.22. The highest BCUT2D eigenvalue weighted by Crippen LogP contribution is 2.16. The van der Waals surface area contributed by atoms with Crippen molar-refractivity contribution in [3.8, 4) is 0 Å². The normalized spacial score (nSPS) is 14.1. The number of carbonyl (C=O) groups is 2. The molecular formula is C20H27NO3. The van der Waals surface area contributed by atoms with E-state index in [4.69, 9.17) is 4.74 Å². The second kappa shape index (κ2) is 10.4. The maximum absolute atomic E-state index is 12.3. The second-order valence-corrected chi connectivity index (χ2v) is 5.95. The van der Waals surface area contributed by atoms with Gasteiger partial charge in [-0.3, -0.25) is 9.59 Å². The summed E-state index contributed by atoms with van der Waals surface area (Å²) in [7, 11) is 0. The second-order valence-electron chi connectivity index (χ2n) is 5.95. The minimum atomic E-state index is -0.370. The summed E-state index contributed by atoms with van der Waals surface area (Å²) in [5.41, 5.74) is 0.904. The number of esters is 1. The number of allylic oxidation sites excluding steroid dienone is 2. The van der Waals surface area contributed by atoms with Gasteiger partial charge in [-0.15, -0.1) is 13.2 Å². The summed E-state index contributed by atoms with van der Waals surface area (Å²) in [6.07, 6.45) is 4.58. The molecule has 24 heavy (non-hydrogen) atoms. The van der Waals surface area contributed by atoms with E-state index in [0.29, 0.717) is 12.8 Å². The molecule has 3 atom stereocenters. The molecule has 0 bridgehead atoms. The molecule has 0 saturated heterocycles. The Morgan fingerprint density at radius 2 is 1.67 bits per heavy atom. The Morgan fingerprint density at radius 1 is 1.08 bits per heavy atom. The summed E-state index contributed by atoms with van der Waals surface area (Å²) in [5, 5.41) is 2.96. The van der Waals surface area contributed by atoms with Crippen molar-refractivity contribution < 1.29 is 14.3 Å². The van der Waals surface area contributed by atoms with E-state index in [1.54, 1.807) is 19.1 Å². The first kappa shape index (κ1) is 19.7. The molecule has 1 N–H and O–H groups in total. The minimum Gasteiger partial charge on any atom is -0.463 e. The van der Waals surface area contributed by atoms with Gasteiger partial charge in [0.25, 0.3) is 0 Å². The van der Waals surface area contributed by atoms with Gasteiger partial charge in [0, 0.05) is 5.92 Å². The van der Waals surface area contributed by atoms with E-state index in [9.17, 15) is 9.59 Å². The SMILES string of the molecule is C=CCC(C)C(=O)OC[C@H](NC(=O)[C@@H](C)CC=C)c1ccccc1. The first-order valence-corrected chi connectivity index (χ1v) is 8.23. The first-order valence-electron chi connectivity index (χ1n) is 8.23. The monoisotopic (exact) mass is 329 g/mol. The Labute approximate surface area is 144 Å². The lowest BCUT2D eigenvalue weighted by Crippen LogP contribution is -2.36. The molecule has 1 aromatic carbocycles. The molecule has 0 aliphatic carbocycles. The van der Waals surface area contributed by atoms with Gasteiger partial charge in [-0.2, -0.15) is 0 Å². The Balaban J connectivity index is 2.76. The third kappa shape index (κ3) is 6.41. The summed E-state index contributed by atoms with van der Waals surface area (Å²) in [5.74, 6) is -0.790. The molecule has 0 aliphatic heterocycles. The van der Waals surface area contributed by atoms with Gasteiger partial charge in [-0.1, -0.05) is 56.3 Å². The molecule has 0 spiro atoms. The highest BCUT2D eigenvalue weighted by molar-refractivity contribution is 5.79.